The van der Waals surface area contributed by atoms with Gasteiger partial charge in [-0.3, -0.25) is 10.1 Å². The molecule has 2 aliphatic heterocycles. The van der Waals surface area contributed by atoms with Crippen LogP contribution in [-0.2, 0) is 0 Å². The summed E-state index contributed by atoms with van der Waals surface area (Å²) < 4.78 is 11.8. The molecular formula is C24H21N3O4. The summed E-state index contributed by atoms with van der Waals surface area (Å²) in [4.78, 5) is 10.6. The summed E-state index contributed by atoms with van der Waals surface area (Å²) in [5.74, 6) is 1.65. The van der Waals surface area contributed by atoms with Gasteiger partial charge in [0.1, 0.15) is 11.5 Å². The number of hydrazone groups is 1. The smallest absolute Gasteiger partial charge is 0.269 e. The molecule has 0 amide bonds. The summed E-state index contributed by atoms with van der Waals surface area (Å²) in [6.07, 6.45) is 0.290. The van der Waals surface area contributed by atoms with Crippen molar-refractivity contribution in [3.63, 3.8) is 0 Å². The maximum Gasteiger partial charge on any atom is 0.269 e. The number of nitrogens with zero attached hydrogens (tertiary/aromatic N) is 3. The molecule has 5 rings (SSSR count). The second-order valence-corrected chi connectivity index (χ2v) is 7.46. The quantitative estimate of drug-likeness (QED) is 0.421. The van der Waals surface area contributed by atoms with Crippen molar-refractivity contribution in [2.75, 3.05) is 6.61 Å². The number of benzene rings is 3. The fraction of sp³-hybridized carbons (Fsp3) is 0.208. The molecule has 0 unspecified atom stereocenters. The zero-order valence-electron chi connectivity index (χ0n) is 17.0. The molecule has 0 N–H and O–H groups in total. The Morgan fingerprint density at radius 2 is 1.84 bits per heavy atom. The van der Waals surface area contributed by atoms with E-state index in [4.69, 9.17) is 14.6 Å². The zero-order chi connectivity index (χ0) is 21.4. The van der Waals surface area contributed by atoms with Gasteiger partial charge in [0.2, 0.25) is 6.23 Å². The Bertz CT molecular complexity index is 1140. The third-order valence-corrected chi connectivity index (χ3v) is 5.59. The van der Waals surface area contributed by atoms with Crippen molar-refractivity contribution >= 4 is 11.4 Å². The first-order chi connectivity index (χ1) is 15.1. The first-order valence-electron chi connectivity index (χ1n) is 10.2. The van der Waals surface area contributed by atoms with Gasteiger partial charge in [0.25, 0.3) is 5.69 Å². The average Bonchev–Trinajstić information content (AvgIpc) is 3.25. The van der Waals surface area contributed by atoms with E-state index in [0.717, 1.165) is 40.3 Å². The van der Waals surface area contributed by atoms with Crippen molar-refractivity contribution in [3.05, 3.63) is 99.6 Å². The van der Waals surface area contributed by atoms with Crippen molar-refractivity contribution in [2.24, 2.45) is 5.10 Å². The van der Waals surface area contributed by atoms with Gasteiger partial charge in [-0.2, -0.15) is 5.10 Å². The highest BCUT2D eigenvalue weighted by atomic mass is 16.6. The minimum absolute atomic E-state index is 0.0340. The van der Waals surface area contributed by atoms with E-state index in [9.17, 15) is 10.1 Å². The molecule has 0 bridgehead atoms. The van der Waals surface area contributed by atoms with Gasteiger partial charge in [-0.15, -0.1) is 0 Å². The highest BCUT2D eigenvalue weighted by Gasteiger charge is 2.40. The van der Waals surface area contributed by atoms with Crippen LogP contribution in [0.4, 0.5) is 5.69 Å². The van der Waals surface area contributed by atoms with Crippen molar-refractivity contribution in [1.29, 1.82) is 0 Å². The molecule has 0 saturated carbocycles. The Labute approximate surface area is 179 Å². The summed E-state index contributed by atoms with van der Waals surface area (Å²) in [7, 11) is 0. The van der Waals surface area contributed by atoms with Gasteiger partial charge < -0.3 is 9.47 Å². The summed E-state index contributed by atoms with van der Waals surface area (Å²) in [5.41, 5.74) is 3.97. The van der Waals surface area contributed by atoms with Crippen LogP contribution in [-0.4, -0.2) is 22.3 Å². The predicted molar refractivity (Wildman–Crippen MR) is 116 cm³/mol. The van der Waals surface area contributed by atoms with Crippen LogP contribution < -0.4 is 9.47 Å². The predicted octanol–water partition coefficient (Wildman–Crippen LogP) is 5.24. The summed E-state index contributed by atoms with van der Waals surface area (Å²) in [5, 5.41) is 17.9. The van der Waals surface area contributed by atoms with Crippen LogP contribution >= 0.6 is 0 Å². The second kappa shape index (κ2) is 7.75. The van der Waals surface area contributed by atoms with E-state index in [1.165, 1.54) is 12.1 Å². The normalized spacial score (nSPS) is 19.1. The van der Waals surface area contributed by atoms with Crippen LogP contribution in [0.15, 0.2) is 77.9 Å². The third kappa shape index (κ3) is 3.48. The maximum atomic E-state index is 11.0. The van der Waals surface area contributed by atoms with Crippen molar-refractivity contribution in [3.8, 4) is 11.5 Å². The lowest BCUT2D eigenvalue weighted by Crippen LogP contribution is -2.33. The lowest BCUT2D eigenvalue weighted by Gasteiger charge is -2.38. The fourth-order valence-electron chi connectivity index (χ4n) is 4.10. The van der Waals surface area contributed by atoms with E-state index >= 15 is 0 Å². The minimum atomic E-state index is -0.457. The van der Waals surface area contributed by atoms with Crippen LogP contribution in [0, 0.1) is 10.1 Å². The lowest BCUT2D eigenvalue weighted by atomic mass is 9.96. The molecule has 7 nitrogen and oxygen atoms in total. The number of ether oxygens (including phenoxy) is 2. The topological polar surface area (TPSA) is 77.2 Å². The molecule has 0 aromatic heterocycles. The van der Waals surface area contributed by atoms with Crippen molar-refractivity contribution < 1.29 is 14.4 Å². The molecule has 0 spiro atoms. The number of nitro benzene ring substituents is 1. The van der Waals surface area contributed by atoms with E-state index in [1.54, 1.807) is 12.1 Å². The summed E-state index contributed by atoms with van der Waals surface area (Å²) in [6.45, 7) is 2.59. The first kappa shape index (κ1) is 19.1. The number of fused-ring (bicyclic) bond motifs is 3. The monoisotopic (exact) mass is 415 g/mol. The second-order valence-electron chi connectivity index (χ2n) is 7.46. The molecule has 2 heterocycles. The highest BCUT2D eigenvalue weighted by Crippen LogP contribution is 2.47. The number of nitro groups is 1. The molecular weight excluding hydrogens is 394 g/mol. The fourth-order valence-corrected chi connectivity index (χ4v) is 4.10. The Morgan fingerprint density at radius 3 is 2.55 bits per heavy atom. The van der Waals surface area contributed by atoms with Gasteiger partial charge in [0.15, 0.2) is 0 Å². The van der Waals surface area contributed by atoms with Gasteiger partial charge in [0, 0.05) is 29.7 Å². The lowest BCUT2D eigenvalue weighted by molar-refractivity contribution is -0.384. The zero-order valence-corrected chi connectivity index (χ0v) is 17.0. The van der Waals surface area contributed by atoms with Crippen LogP contribution in [0.25, 0.3) is 0 Å². The van der Waals surface area contributed by atoms with E-state index < -0.39 is 11.2 Å². The van der Waals surface area contributed by atoms with Gasteiger partial charge in [-0.25, -0.2) is 5.01 Å². The molecule has 7 heteroatoms. The van der Waals surface area contributed by atoms with Crippen LogP contribution in [0.5, 0.6) is 11.5 Å². The minimum Gasteiger partial charge on any atom is -0.494 e. The van der Waals surface area contributed by atoms with Crippen molar-refractivity contribution in [2.45, 2.75) is 25.6 Å². The summed E-state index contributed by atoms with van der Waals surface area (Å²) in [6, 6.07) is 22.4. The molecule has 0 aliphatic carbocycles. The molecule has 0 saturated heterocycles. The van der Waals surface area contributed by atoms with Crippen LogP contribution in [0.3, 0.4) is 0 Å². The number of hydrogen-bond acceptors (Lipinski definition) is 6. The Kier molecular flexibility index (Phi) is 4.78. The van der Waals surface area contributed by atoms with E-state index in [0.29, 0.717) is 6.61 Å². The standard InChI is InChI=1S/C24H21N3O4/c1-2-30-19-13-9-16(10-14-19)21-15-22-20-5-3-4-6-23(20)31-24(26(22)25-21)17-7-11-18(12-8-17)27(28)29/h3-14,22,24H,2,15H2,1H3/t22-,24-/m1/s1. The van der Waals surface area contributed by atoms with Crippen LogP contribution in [0.2, 0.25) is 0 Å². The molecule has 2 aliphatic rings. The van der Waals surface area contributed by atoms with E-state index in [1.807, 2.05) is 54.4 Å². The molecule has 31 heavy (non-hydrogen) atoms. The largest absolute Gasteiger partial charge is 0.494 e. The number of hydrogen-bond donors (Lipinski definition) is 0. The molecule has 0 fully saturated rings. The van der Waals surface area contributed by atoms with Gasteiger partial charge in [0.05, 0.1) is 23.3 Å². The SMILES string of the molecule is CCOc1ccc(C2=NN3[C@H](C2)c2ccccc2O[C@@H]3c2ccc([N+](=O)[O-])cc2)cc1. The molecule has 156 valence electrons. The maximum absolute atomic E-state index is 11.0. The van der Waals surface area contributed by atoms with Crippen molar-refractivity contribution in [1.82, 2.24) is 5.01 Å². The van der Waals surface area contributed by atoms with E-state index in [-0.39, 0.29) is 11.7 Å². The molecule has 3 aromatic rings. The third-order valence-electron chi connectivity index (χ3n) is 5.59. The number of rotatable bonds is 5. The molecule has 3 aromatic carbocycles. The Balaban J connectivity index is 1.51. The highest BCUT2D eigenvalue weighted by molar-refractivity contribution is 6.02. The average molecular weight is 415 g/mol. The Morgan fingerprint density at radius 1 is 1.10 bits per heavy atom. The van der Waals surface area contributed by atoms with Gasteiger partial charge in [-0.1, -0.05) is 18.2 Å². The Hall–Kier alpha value is -3.87. The van der Waals surface area contributed by atoms with Gasteiger partial charge >= 0.3 is 0 Å². The number of non-ortho nitro benzene ring substituents is 1. The van der Waals surface area contributed by atoms with E-state index in [2.05, 4.69) is 6.07 Å². The first-order valence-corrected chi connectivity index (χ1v) is 10.2. The molecule has 0 radical (unpaired) electrons. The molecule has 2 atom stereocenters. The summed E-state index contributed by atoms with van der Waals surface area (Å²) >= 11 is 0. The number of para-hydroxylation sites is 1. The van der Waals surface area contributed by atoms with Gasteiger partial charge in [-0.05, 0) is 55.0 Å². The van der Waals surface area contributed by atoms with Crippen LogP contribution in [0.1, 0.15) is 42.3 Å².